The zero-order valence-electron chi connectivity index (χ0n) is 8.61. The van der Waals surface area contributed by atoms with Gasteiger partial charge in [-0.1, -0.05) is 0 Å². The number of hydrogen-bond acceptors (Lipinski definition) is 6. The molecule has 0 aliphatic heterocycles. The molecule has 0 bridgehead atoms. The number of benzene rings is 1. The number of hydrogen-bond donors (Lipinski definition) is 1. The molecule has 0 amide bonds. The number of anilines is 1. The van der Waals surface area contributed by atoms with Crippen LogP contribution in [0.1, 0.15) is 0 Å². The normalized spacial score (nSPS) is 10.8. The van der Waals surface area contributed by atoms with Crippen molar-refractivity contribution in [2.45, 2.75) is 0 Å². The average Bonchev–Trinajstić information content (AvgIpc) is 2.77. The molecule has 1 aromatic carbocycles. The zero-order valence-corrected chi connectivity index (χ0v) is 9.42. The quantitative estimate of drug-likeness (QED) is 0.388. The van der Waals surface area contributed by atoms with Gasteiger partial charge in [0, 0.05) is 11.8 Å². The minimum Gasteiger partial charge on any atom is -0.399 e. The topological polar surface area (TPSA) is 93.9 Å². The van der Waals surface area contributed by atoms with Crippen LogP contribution in [0.3, 0.4) is 0 Å². The van der Waals surface area contributed by atoms with E-state index in [4.69, 9.17) is 5.73 Å². The van der Waals surface area contributed by atoms with Gasteiger partial charge in [0.1, 0.15) is 5.00 Å². The Kier molecular flexibility index (Phi) is 3.10. The Hall–Kier alpha value is -2.28. The third kappa shape index (κ3) is 2.85. The van der Waals surface area contributed by atoms with E-state index in [9.17, 15) is 10.1 Å². The van der Waals surface area contributed by atoms with Gasteiger partial charge in [-0.05, 0) is 41.7 Å². The van der Waals surface area contributed by atoms with E-state index < -0.39 is 4.92 Å². The van der Waals surface area contributed by atoms with Crippen molar-refractivity contribution in [3.63, 3.8) is 0 Å². The number of nitro groups is 1. The Morgan fingerprint density at radius 2 is 1.82 bits per heavy atom. The monoisotopic (exact) mass is 248 g/mol. The third-order valence-corrected chi connectivity index (χ3v) is 2.84. The maximum absolute atomic E-state index is 10.5. The Bertz CT molecular complexity index is 562. The Morgan fingerprint density at radius 3 is 2.41 bits per heavy atom. The number of rotatable bonds is 3. The number of nitrogens with zero attached hydrogens (tertiary/aromatic N) is 3. The van der Waals surface area contributed by atoms with Crippen LogP contribution in [-0.4, -0.2) is 4.92 Å². The molecule has 6 nitrogen and oxygen atoms in total. The van der Waals surface area contributed by atoms with Crippen molar-refractivity contribution in [1.82, 2.24) is 0 Å². The van der Waals surface area contributed by atoms with Gasteiger partial charge in [0.25, 0.3) is 0 Å². The van der Waals surface area contributed by atoms with E-state index in [1.54, 1.807) is 30.3 Å². The summed E-state index contributed by atoms with van der Waals surface area (Å²) in [6.07, 6.45) is 0. The summed E-state index contributed by atoms with van der Waals surface area (Å²) >= 11 is 0.979. The summed E-state index contributed by atoms with van der Waals surface area (Å²) in [6.45, 7) is 0. The number of azo groups is 1. The van der Waals surface area contributed by atoms with Crippen LogP contribution in [0.5, 0.6) is 0 Å². The van der Waals surface area contributed by atoms with Crippen molar-refractivity contribution < 1.29 is 4.92 Å². The first-order chi connectivity index (χ1) is 8.15. The summed E-state index contributed by atoms with van der Waals surface area (Å²) in [4.78, 5) is 10.0. The highest BCUT2D eigenvalue weighted by Crippen LogP contribution is 2.31. The predicted molar refractivity (Wildman–Crippen MR) is 66.0 cm³/mol. The zero-order chi connectivity index (χ0) is 12.3. The van der Waals surface area contributed by atoms with Gasteiger partial charge in [0.2, 0.25) is 0 Å². The van der Waals surface area contributed by atoms with Crippen LogP contribution in [-0.2, 0) is 0 Å². The van der Waals surface area contributed by atoms with E-state index in [0.29, 0.717) is 16.4 Å². The van der Waals surface area contributed by atoms with E-state index >= 15 is 0 Å². The molecule has 0 aliphatic carbocycles. The molecule has 1 heterocycles. The molecular formula is C10H8N4O2S. The molecule has 0 atom stereocenters. The van der Waals surface area contributed by atoms with E-state index in [0.717, 1.165) is 11.3 Å². The van der Waals surface area contributed by atoms with Crippen LogP contribution in [0.15, 0.2) is 46.6 Å². The highest BCUT2D eigenvalue weighted by Gasteiger charge is 2.08. The first kappa shape index (κ1) is 11.2. The molecule has 0 radical (unpaired) electrons. The lowest BCUT2D eigenvalue weighted by Gasteiger charge is -1.92. The summed E-state index contributed by atoms with van der Waals surface area (Å²) in [6, 6.07) is 9.84. The lowest BCUT2D eigenvalue weighted by atomic mass is 10.3. The summed E-state index contributed by atoms with van der Waals surface area (Å²) in [5.74, 6) is 0. The highest BCUT2D eigenvalue weighted by atomic mass is 32.1. The van der Waals surface area contributed by atoms with Gasteiger partial charge in [0.15, 0.2) is 0 Å². The number of thiophene rings is 1. The lowest BCUT2D eigenvalue weighted by Crippen LogP contribution is -1.80. The summed E-state index contributed by atoms with van der Waals surface area (Å²) in [5, 5.41) is 18.9. The fourth-order valence-corrected chi connectivity index (χ4v) is 1.76. The van der Waals surface area contributed by atoms with Gasteiger partial charge in [-0.2, -0.15) is 0 Å². The van der Waals surface area contributed by atoms with Crippen LogP contribution in [0.4, 0.5) is 21.4 Å². The summed E-state index contributed by atoms with van der Waals surface area (Å²) in [7, 11) is 0. The molecule has 0 spiro atoms. The molecule has 1 aromatic heterocycles. The van der Waals surface area contributed by atoms with Gasteiger partial charge in [0.05, 0.1) is 10.6 Å². The first-order valence-electron chi connectivity index (χ1n) is 4.66. The summed E-state index contributed by atoms with van der Waals surface area (Å²) < 4.78 is 0. The van der Waals surface area contributed by atoms with Gasteiger partial charge in [-0.15, -0.1) is 10.2 Å². The number of nitrogen functional groups attached to an aromatic ring is 1. The molecule has 0 aliphatic rings. The average molecular weight is 248 g/mol. The van der Waals surface area contributed by atoms with Gasteiger partial charge >= 0.3 is 5.00 Å². The molecule has 0 saturated heterocycles. The minimum absolute atomic E-state index is 0.0521. The van der Waals surface area contributed by atoms with Crippen LogP contribution in [0.25, 0.3) is 0 Å². The van der Waals surface area contributed by atoms with Crippen molar-refractivity contribution in [2.24, 2.45) is 10.2 Å². The van der Waals surface area contributed by atoms with Crippen LogP contribution in [0, 0.1) is 10.1 Å². The Labute approximate surface area is 101 Å². The fourth-order valence-electron chi connectivity index (χ4n) is 1.12. The van der Waals surface area contributed by atoms with Crippen LogP contribution in [0.2, 0.25) is 0 Å². The van der Waals surface area contributed by atoms with Gasteiger partial charge < -0.3 is 5.73 Å². The van der Waals surface area contributed by atoms with Crippen molar-refractivity contribution in [3.05, 3.63) is 46.5 Å². The molecule has 2 aromatic rings. The molecule has 0 saturated carbocycles. The molecule has 86 valence electrons. The standard InChI is InChI=1S/C10H8N4O2S/c11-7-1-3-8(4-2-7)12-13-9-5-6-10(17-9)14(15)16/h1-6H,11H2. The lowest BCUT2D eigenvalue weighted by molar-refractivity contribution is -0.380. The SMILES string of the molecule is Nc1ccc(N=Nc2ccc([N+](=O)[O-])s2)cc1. The second kappa shape index (κ2) is 4.71. The smallest absolute Gasteiger partial charge is 0.326 e. The largest absolute Gasteiger partial charge is 0.399 e. The minimum atomic E-state index is -0.451. The molecular weight excluding hydrogens is 240 g/mol. The van der Waals surface area contributed by atoms with E-state index in [2.05, 4.69) is 10.2 Å². The second-order valence-electron chi connectivity index (χ2n) is 3.16. The fraction of sp³-hybridized carbons (Fsp3) is 0. The third-order valence-electron chi connectivity index (χ3n) is 1.91. The van der Waals surface area contributed by atoms with Crippen molar-refractivity contribution in [1.29, 1.82) is 0 Å². The van der Waals surface area contributed by atoms with Crippen LogP contribution < -0.4 is 5.73 Å². The van der Waals surface area contributed by atoms with Crippen molar-refractivity contribution in [3.8, 4) is 0 Å². The predicted octanol–water partition coefficient (Wildman–Crippen LogP) is 3.65. The van der Waals surface area contributed by atoms with Gasteiger partial charge in [-0.25, -0.2) is 0 Å². The van der Waals surface area contributed by atoms with Crippen molar-refractivity contribution in [2.75, 3.05) is 5.73 Å². The maximum Gasteiger partial charge on any atom is 0.326 e. The van der Waals surface area contributed by atoms with Crippen molar-refractivity contribution >= 4 is 32.7 Å². The van der Waals surface area contributed by atoms with Crippen LogP contribution >= 0.6 is 11.3 Å². The van der Waals surface area contributed by atoms with Gasteiger partial charge in [-0.3, -0.25) is 10.1 Å². The number of nitrogens with two attached hydrogens (primary N) is 1. The highest BCUT2D eigenvalue weighted by molar-refractivity contribution is 7.18. The maximum atomic E-state index is 10.5. The molecule has 0 fully saturated rings. The molecule has 2 N–H and O–H groups in total. The summed E-state index contributed by atoms with van der Waals surface area (Å²) in [5.41, 5.74) is 6.82. The molecule has 17 heavy (non-hydrogen) atoms. The molecule has 0 unspecified atom stereocenters. The van der Waals surface area contributed by atoms with E-state index in [-0.39, 0.29) is 5.00 Å². The molecule has 7 heteroatoms. The first-order valence-corrected chi connectivity index (χ1v) is 5.48. The van der Waals surface area contributed by atoms with E-state index in [1.807, 2.05) is 0 Å². The molecule has 2 rings (SSSR count). The second-order valence-corrected chi connectivity index (χ2v) is 4.20. The Morgan fingerprint density at radius 1 is 1.12 bits per heavy atom. The van der Waals surface area contributed by atoms with E-state index in [1.165, 1.54) is 6.07 Å². The Balaban J connectivity index is 2.14.